The van der Waals surface area contributed by atoms with Gasteiger partial charge in [-0.1, -0.05) is 11.6 Å². The Kier molecular flexibility index (Phi) is 4.75. The predicted molar refractivity (Wildman–Crippen MR) is 45.7 cm³/mol. The maximum absolute atomic E-state index is 12.7. The Morgan fingerprint density at radius 2 is 1.00 bits per heavy atom. The molecule has 0 aromatic rings. The van der Waals surface area contributed by atoms with E-state index in [-0.39, 0.29) is 22.6 Å². The summed E-state index contributed by atoms with van der Waals surface area (Å²) < 4.78 is 118. The van der Waals surface area contributed by atoms with Crippen molar-refractivity contribution in [2.45, 2.75) is 27.5 Å². The highest BCUT2D eigenvalue weighted by Gasteiger charge is 2.79. The zero-order valence-electron chi connectivity index (χ0n) is 7.44. The van der Waals surface area contributed by atoms with Gasteiger partial charge in [-0.05, 0) is 22.6 Å². The molecule has 0 fully saturated rings. The predicted octanol–water partition coefficient (Wildman–Crippen LogP) is 4.68. The molecule has 13 heteroatoms. The molecule has 0 spiro atoms. The molecule has 0 aromatic heterocycles. The summed E-state index contributed by atoms with van der Waals surface area (Å²) >= 11 is 4.11. The monoisotopic (exact) mass is 428 g/mol. The molecule has 0 rings (SSSR count). The van der Waals surface area contributed by atoms with E-state index in [0.29, 0.717) is 0 Å². The van der Waals surface area contributed by atoms with Crippen molar-refractivity contribution in [2.75, 3.05) is 0 Å². The molecular formula is C5ClF10IO. The average molecular weight is 428 g/mol. The molecule has 110 valence electrons. The molecule has 0 aliphatic carbocycles. The van der Waals surface area contributed by atoms with E-state index in [0.717, 1.165) is 0 Å². The zero-order valence-corrected chi connectivity index (χ0v) is 10.4. The van der Waals surface area contributed by atoms with E-state index in [4.69, 9.17) is 0 Å². The fraction of sp³-hybridized carbons (Fsp3) is 1.00. The van der Waals surface area contributed by atoms with E-state index in [1.165, 1.54) is 0 Å². The highest BCUT2D eigenvalue weighted by molar-refractivity contribution is 14.1. The SMILES string of the molecule is FC(F)(F)C(F)(OC(F)(F)C(F)(Cl)I)C(F)(F)F. The fourth-order valence-electron chi connectivity index (χ4n) is 0.511. The zero-order chi connectivity index (χ0) is 15.2. The smallest absolute Gasteiger partial charge is 0.263 e. The van der Waals surface area contributed by atoms with Crippen LogP contribution >= 0.6 is 34.2 Å². The molecule has 18 heavy (non-hydrogen) atoms. The lowest BCUT2D eigenvalue weighted by Gasteiger charge is -2.34. The first-order valence-corrected chi connectivity index (χ1v) is 4.88. The van der Waals surface area contributed by atoms with Gasteiger partial charge < -0.3 is 0 Å². The molecule has 1 nitrogen and oxygen atoms in total. The topological polar surface area (TPSA) is 9.23 Å². The summed E-state index contributed by atoms with van der Waals surface area (Å²) in [6, 6.07) is 0. The van der Waals surface area contributed by atoms with Gasteiger partial charge in [0.25, 0.3) is 0 Å². The Bertz CT molecular complexity index is 289. The van der Waals surface area contributed by atoms with Crippen molar-refractivity contribution in [1.29, 1.82) is 0 Å². The number of alkyl halides is 12. The third-order valence-corrected chi connectivity index (χ3v) is 2.18. The van der Waals surface area contributed by atoms with Gasteiger partial charge in [-0.25, -0.2) is 4.39 Å². The van der Waals surface area contributed by atoms with Crippen molar-refractivity contribution >= 4 is 34.2 Å². The number of hydrogen-bond donors (Lipinski definition) is 0. The van der Waals surface area contributed by atoms with Gasteiger partial charge in [-0.2, -0.15) is 39.5 Å². The molecule has 1 unspecified atom stereocenters. The Morgan fingerprint density at radius 3 is 1.17 bits per heavy atom. The standard InChI is InChI=1S/C5ClF10IO/c6-2(8,17)5(15,16)18-1(7,3(9,10)11)4(12,13)14. The van der Waals surface area contributed by atoms with Crippen molar-refractivity contribution < 1.29 is 48.6 Å². The minimum atomic E-state index is -6.91. The third kappa shape index (κ3) is 3.43. The highest BCUT2D eigenvalue weighted by atomic mass is 127. The largest absolute Gasteiger partial charge is 0.458 e. The van der Waals surface area contributed by atoms with Gasteiger partial charge in [0, 0.05) is 0 Å². The van der Waals surface area contributed by atoms with Crippen LogP contribution in [0.3, 0.4) is 0 Å². The summed E-state index contributed by atoms with van der Waals surface area (Å²) in [6.45, 7) is 0. The van der Waals surface area contributed by atoms with Crippen LogP contribution in [0.1, 0.15) is 0 Å². The number of halogens is 12. The molecule has 1 atom stereocenters. The molecular weight excluding hydrogens is 428 g/mol. The minimum Gasteiger partial charge on any atom is -0.263 e. The van der Waals surface area contributed by atoms with E-state index in [2.05, 4.69) is 11.6 Å². The van der Waals surface area contributed by atoms with Crippen LogP contribution in [0.2, 0.25) is 0 Å². The number of hydrogen-bond acceptors (Lipinski definition) is 1. The van der Waals surface area contributed by atoms with Crippen LogP contribution in [-0.2, 0) is 4.74 Å². The maximum Gasteiger partial charge on any atom is 0.458 e. The first-order valence-electron chi connectivity index (χ1n) is 3.43. The van der Waals surface area contributed by atoms with Crippen LogP contribution in [0, 0.1) is 0 Å². The molecule has 0 aliphatic heterocycles. The average Bonchev–Trinajstić information content (AvgIpc) is 1.95. The van der Waals surface area contributed by atoms with Gasteiger partial charge in [0.2, 0.25) is 0 Å². The van der Waals surface area contributed by atoms with Crippen molar-refractivity contribution in [3.8, 4) is 0 Å². The molecule has 0 heterocycles. The normalized spacial score (nSPS) is 18.7. The lowest BCUT2D eigenvalue weighted by molar-refractivity contribution is -0.484. The number of ether oxygens (including phenoxy) is 1. The van der Waals surface area contributed by atoms with E-state index in [1.54, 1.807) is 0 Å². The summed E-state index contributed by atoms with van der Waals surface area (Å²) in [4.78, 5) is 0. The maximum atomic E-state index is 12.7. The van der Waals surface area contributed by atoms with Gasteiger partial charge in [-0.3, -0.25) is 4.74 Å². The Labute approximate surface area is 111 Å². The number of rotatable bonds is 3. The molecule has 0 aromatic carbocycles. The second-order valence-corrected chi connectivity index (χ2v) is 5.35. The summed E-state index contributed by atoms with van der Waals surface area (Å²) in [5, 5.41) is 0. The van der Waals surface area contributed by atoms with Crippen molar-refractivity contribution in [2.24, 2.45) is 0 Å². The van der Waals surface area contributed by atoms with Gasteiger partial charge in [-0.15, -0.1) is 0 Å². The molecule has 0 N–H and O–H groups in total. The van der Waals surface area contributed by atoms with Crippen LogP contribution in [0.4, 0.5) is 43.9 Å². The van der Waals surface area contributed by atoms with Crippen LogP contribution in [0.5, 0.6) is 0 Å². The van der Waals surface area contributed by atoms with E-state index < -0.39 is 27.5 Å². The summed E-state index contributed by atoms with van der Waals surface area (Å²) in [5.74, 6) is -6.76. The highest BCUT2D eigenvalue weighted by Crippen LogP contribution is 2.53. The molecule has 0 saturated heterocycles. The second kappa shape index (κ2) is 4.68. The first-order chi connectivity index (χ1) is 7.46. The van der Waals surface area contributed by atoms with Crippen LogP contribution in [-0.4, -0.2) is 27.5 Å². The van der Waals surface area contributed by atoms with Gasteiger partial charge in [0.1, 0.15) is 0 Å². The molecule has 0 aliphatic rings. The van der Waals surface area contributed by atoms with Gasteiger partial charge in [0.15, 0.2) is 0 Å². The first kappa shape index (κ1) is 18.3. The van der Waals surface area contributed by atoms with E-state index in [9.17, 15) is 43.9 Å². The summed E-state index contributed by atoms with van der Waals surface area (Å²) in [5.41, 5.74) is 0. The van der Waals surface area contributed by atoms with Gasteiger partial charge in [0.05, 0.1) is 0 Å². The lowest BCUT2D eigenvalue weighted by Crippen LogP contribution is -2.60. The minimum absolute atomic E-state index is 0.0619. The Balaban J connectivity index is 5.58. The fourth-order valence-corrected chi connectivity index (χ4v) is 0.660. The van der Waals surface area contributed by atoms with E-state index >= 15 is 0 Å². The Morgan fingerprint density at radius 1 is 0.722 bits per heavy atom. The van der Waals surface area contributed by atoms with E-state index in [1.807, 2.05) is 4.74 Å². The van der Waals surface area contributed by atoms with Crippen LogP contribution in [0.15, 0.2) is 0 Å². The third-order valence-electron chi connectivity index (χ3n) is 1.33. The molecule has 0 amide bonds. The van der Waals surface area contributed by atoms with Crippen LogP contribution in [0.25, 0.3) is 0 Å². The quantitative estimate of drug-likeness (QED) is 0.360. The van der Waals surface area contributed by atoms with Gasteiger partial charge >= 0.3 is 27.5 Å². The molecule has 0 bridgehead atoms. The van der Waals surface area contributed by atoms with Crippen molar-refractivity contribution in [1.82, 2.24) is 0 Å². The second-order valence-electron chi connectivity index (χ2n) is 2.71. The van der Waals surface area contributed by atoms with Crippen molar-refractivity contribution in [3.63, 3.8) is 0 Å². The molecule has 0 radical (unpaired) electrons. The van der Waals surface area contributed by atoms with Crippen LogP contribution < -0.4 is 0 Å². The lowest BCUT2D eigenvalue weighted by atomic mass is 10.3. The summed E-state index contributed by atoms with van der Waals surface area (Å²) in [6.07, 6.45) is -19.7. The Hall–Kier alpha value is 0.280. The molecule has 0 saturated carbocycles. The summed E-state index contributed by atoms with van der Waals surface area (Å²) in [7, 11) is 0. The van der Waals surface area contributed by atoms with Crippen molar-refractivity contribution in [3.05, 3.63) is 0 Å².